The van der Waals surface area contributed by atoms with E-state index >= 15 is 0 Å². The first-order valence-electron chi connectivity index (χ1n) is 5.14. The first kappa shape index (κ1) is 12.1. The van der Waals surface area contributed by atoms with Crippen molar-refractivity contribution in [3.05, 3.63) is 41.5 Å². The summed E-state index contributed by atoms with van der Waals surface area (Å²) < 4.78 is 18.8. The molecule has 0 aliphatic rings. The van der Waals surface area contributed by atoms with E-state index in [0.29, 0.717) is 10.1 Å². The maximum absolute atomic E-state index is 13.6. The lowest BCUT2D eigenvalue weighted by Gasteiger charge is -2.10. The Hall–Kier alpha value is -1.33. The molecule has 0 aliphatic carbocycles. The lowest BCUT2D eigenvalue weighted by atomic mass is 10.1. The van der Waals surface area contributed by atoms with E-state index in [1.54, 1.807) is 12.1 Å². The van der Waals surface area contributed by atoms with Crippen molar-refractivity contribution in [2.24, 2.45) is 0 Å². The molecule has 2 aromatic rings. The zero-order chi connectivity index (χ0) is 12.4. The number of halogens is 1. The molecule has 0 bridgehead atoms. The standard InChI is InChI=1S/C12H12FNO2S/c1-7-6-16-12(14-7)17-10-5-3-4-9(13)11(10)8(2)15/h3-6,8,15H,1-2H3/t8-/m1/s1. The van der Waals surface area contributed by atoms with Crippen LogP contribution in [0.1, 0.15) is 24.3 Å². The number of aryl methyl sites for hydroxylation is 1. The number of aliphatic hydroxyl groups is 1. The summed E-state index contributed by atoms with van der Waals surface area (Å²) >= 11 is 1.20. The fraction of sp³-hybridized carbons (Fsp3) is 0.250. The number of hydrogen-bond donors (Lipinski definition) is 1. The predicted molar refractivity (Wildman–Crippen MR) is 62.4 cm³/mol. The highest BCUT2D eigenvalue weighted by molar-refractivity contribution is 7.99. The van der Waals surface area contributed by atoms with Crippen LogP contribution in [-0.2, 0) is 0 Å². The monoisotopic (exact) mass is 253 g/mol. The third-order valence-electron chi connectivity index (χ3n) is 2.23. The van der Waals surface area contributed by atoms with Gasteiger partial charge in [0.15, 0.2) is 0 Å². The van der Waals surface area contributed by atoms with Crippen LogP contribution in [0.2, 0.25) is 0 Å². The predicted octanol–water partition coefficient (Wildman–Crippen LogP) is 3.33. The van der Waals surface area contributed by atoms with Crippen molar-refractivity contribution in [2.75, 3.05) is 0 Å². The molecule has 90 valence electrons. The molecule has 1 heterocycles. The maximum atomic E-state index is 13.6. The number of benzene rings is 1. The summed E-state index contributed by atoms with van der Waals surface area (Å²) in [6, 6.07) is 4.65. The van der Waals surface area contributed by atoms with Gasteiger partial charge in [0.2, 0.25) is 0 Å². The smallest absolute Gasteiger partial charge is 0.260 e. The maximum Gasteiger partial charge on any atom is 0.260 e. The molecule has 0 aliphatic heterocycles. The van der Waals surface area contributed by atoms with Crippen LogP contribution in [0.4, 0.5) is 4.39 Å². The van der Waals surface area contributed by atoms with Gasteiger partial charge in [-0.3, -0.25) is 0 Å². The van der Waals surface area contributed by atoms with Gasteiger partial charge in [0.1, 0.15) is 12.1 Å². The lowest BCUT2D eigenvalue weighted by molar-refractivity contribution is 0.191. The van der Waals surface area contributed by atoms with Crippen molar-refractivity contribution in [2.45, 2.75) is 30.1 Å². The van der Waals surface area contributed by atoms with Crippen LogP contribution >= 0.6 is 11.8 Å². The minimum absolute atomic E-state index is 0.272. The van der Waals surface area contributed by atoms with Crippen molar-refractivity contribution in [1.29, 1.82) is 0 Å². The Balaban J connectivity index is 2.35. The van der Waals surface area contributed by atoms with Crippen molar-refractivity contribution < 1.29 is 13.9 Å². The van der Waals surface area contributed by atoms with E-state index in [4.69, 9.17) is 4.42 Å². The normalized spacial score (nSPS) is 12.7. The highest BCUT2D eigenvalue weighted by atomic mass is 32.2. The van der Waals surface area contributed by atoms with E-state index in [9.17, 15) is 9.50 Å². The topological polar surface area (TPSA) is 46.3 Å². The Labute approximate surface area is 103 Å². The Morgan fingerprint density at radius 2 is 2.24 bits per heavy atom. The molecule has 0 fully saturated rings. The van der Waals surface area contributed by atoms with Crippen LogP contribution in [0.3, 0.4) is 0 Å². The zero-order valence-electron chi connectivity index (χ0n) is 9.48. The van der Waals surface area contributed by atoms with Crippen molar-refractivity contribution in [1.82, 2.24) is 4.98 Å². The fourth-order valence-corrected chi connectivity index (χ4v) is 2.48. The molecule has 0 radical (unpaired) electrons. The quantitative estimate of drug-likeness (QED) is 0.911. The Bertz CT molecular complexity index is 525. The largest absolute Gasteiger partial charge is 0.439 e. The minimum Gasteiger partial charge on any atom is -0.439 e. The van der Waals surface area contributed by atoms with Crippen molar-refractivity contribution in [3.63, 3.8) is 0 Å². The zero-order valence-corrected chi connectivity index (χ0v) is 10.3. The molecule has 1 aromatic carbocycles. The molecule has 5 heteroatoms. The Morgan fingerprint density at radius 1 is 1.47 bits per heavy atom. The number of oxazole rings is 1. The van der Waals surface area contributed by atoms with Gasteiger partial charge in [-0.05, 0) is 37.7 Å². The first-order chi connectivity index (χ1) is 8.08. The minimum atomic E-state index is -0.866. The Kier molecular flexibility index (Phi) is 3.49. The fourth-order valence-electron chi connectivity index (χ4n) is 1.48. The molecular formula is C12H12FNO2S. The Morgan fingerprint density at radius 3 is 2.82 bits per heavy atom. The summed E-state index contributed by atoms with van der Waals surface area (Å²) in [6.45, 7) is 3.35. The van der Waals surface area contributed by atoms with Gasteiger partial charge in [-0.1, -0.05) is 6.07 Å². The molecule has 3 nitrogen and oxygen atoms in total. The average molecular weight is 253 g/mol. The summed E-state index contributed by atoms with van der Waals surface area (Å²) in [4.78, 5) is 4.74. The van der Waals surface area contributed by atoms with E-state index in [2.05, 4.69) is 4.98 Å². The number of aliphatic hydroxyl groups excluding tert-OH is 1. The van der Waals surface area contributed by atoms with Gasteiger partial charge in [-0.25, -0.2) is 9.37 Å². The summed E-state index contributed by atoms with van der Waals surface area (Å²) in [5.74, 6) is -0.423. The third kappa shape index (κ3) is 2.68. The summed E-state index contributed by atoms with van der Waals surface area (Å²) in [5.41, 5.74) is 1.04. The van der Waals surface area contributed by atoms with Gasteiger partial charge >= 0.3 is 0 Å². The van der Waals surface area contributed by atoms with Crippen molar-refractivity contribution in [3.8, 4) is 0 Å². The van der Waals surface area contributed by atoms with Gasteiger partial charge < -0.3 is 9.52 Å². The van der Waals surface area contributed by atoms with Crippen LogP contribution < -0.4 is 0 Å². The van der Waals surface area contributed by atoms with Crippen LogP contribution in [-0.4, -0.2) is 10.1 Å². The van der Waals surface area contributed by atoms with Crippen LogP contribution in [0.15, 0.2) is 39.0 Å². The molecule has 2 rings (SSSR count). The molecule has 0 spiro atoms. The highest BCUT2D eigenvalue weighted by Crippen LogP contribution is 2.34. The van der Waals surface area contributed by atoms with E-state index in [1.165, 1.54) is 31.0 Å². The lowest BCUT2D eigenvalue weighted by Crippen LogP contribution is -1.98. The van der Waals surface area contributed by atoms with Crippen molar-refractivity contribution >= 4 is 11.8 Å². The molecule has 1 N–H and O–H groups in total. The van der Waals surface area contributed by atoms with E-state index in [1.807, 2.05) is 6.92 Å². The molecule has 1 atom stereocenters. The van der Waals surface area contributed by atoms with Gasteiger partial charge in [0, 0.05) is 10.5 Å². The second kappa shape index (κ2) is 4.89. The molecule has 1 aromatic heterocycles. The third-order valence-corrected chi connectivity index (χ3v) is 3.16. The number of nitrogens with zero attached hydrogens (tertiary/aromatic N) is 1. The van der Waals surface area contributed by atoms with Crippen LogP contribution in [0.5, 0.6) is 0 Å². The van der Waals surface area contributed by atoms with Gasteiger partial charge in [-0.15, -0.1) is 0 Å². The van der Waals surface area contributed by atoms with Crippen LogP contribution in [0.25, 0.3) is 0 Å². The molecule has 0 saturated heterocycles. The first-order valence-corrected chi connectivity index (χ1v) is 5.96. The molecule has 17 heavy (non-hydrogen) atoms. The molecule has 0 amide bonds. The van der Waals surface area contributed by atoms with E-state index in [0.717, 1.165) is 5.69 Å². The second-order valence-corrected chi connectivity index (χ2v) is 4.68. The molecule has 0 unspecified atom stereocenters. The second-order valence-electron chi connectivity index (χ2n) is 3.68. The van der Waals surface area contributed by atoms with Gasteiger partial charge in [0.05, 0.1) is 11.8 Å². The highest BCUT2D eigenvalue weighted by Gasteiger charge is 2.16. The van der Waals surface area contributed by atoms with Gasteiger partial charge in [0.25, 0.3) is 5.22 Å². The summed E-state index contributed by atoms with van der Waals surface area (Å²) in [7, 11) is 0. The number of aromatic nitrogens is 1. The molecular weight excluding hydrogens is 241 g/mol. The summed E-state index contributed by atoms with van der Waals surface area (Å²) in [5, 5.41) is 10.0. The van der Waals surface area contributed by atoms with Crippen LogP contribution in [0, 0.1) is 12.7 Å². The molecule has 0 saturated carbocycles. The van der Waals surface area contributed by atoms with Gasteiger partial charge in [-0.2, -0.15) is 0 Å². The number of hydrogen-bond acceptors (Lipinski definition) is 4. The summed E-state index contributed by atoms with van der Waals surface area (Å²) in [6.07, 6.45) is 0.665. The SMILES string of the molecule is Cc1coc(Sc2cccc(F)c2[C@@H](C)O)n1. The van der Waals surface area contributed by atoms with E-state index < -0.39 is 11.9 Å². The van der Waals surface area contributed by atoms with E-state index in [-0.39, 0.29) is 5.56 Å². The number of rotatable bonds is 3. The average Bonchev–Trinajstić information content (AvgIpc) is 2.63.